The summed E-state index contributed by atoms with van der Waals surface area (Å²) in [5.74, 6) is 1.41. The number of fused-ring (bicyclic) bond motifs is 3. The van der Waals surface area contributed by atoms with E-state index in [0.29, 0.717) is 17.9 Å². The Morgan fingerprint density at radius 3 is 2.77 bits per heavy atom. The van der Waals surface area contributed by atoms with E-state index in [9.17, 15) is 4.79 Å². The van der Waals surface area contributed by atoms with Crippen LogP contribution in [0.5, 0.6) is 0 Å². The van der Waals surface area contributed by atoms with Crippen molar-refractivity contribution in [2.24, 2.45) is 17.6 Å². The molecule has 1 heterocycles. The van der Waals surface area contributed by atoms with Gasteiger partial charge in [0, 0.05) is 25.2 Å². The zero-order valence-electron chi connectivity index (χ0n) is 12.5. The number of hydrogen-bond acceptors (Lipinski definition) is 3. The summed E-state index contributed by atoms with van der Waals surface area (Å²) >= 11 is 0. The van der Waals surface area contributed by atoms with E-state index in [1.165, 1.54) is 11.1 Å². The molecule has 0 spiro atoms. The standard InChI is InChI=1S/C17H22N2O2.ClH/c18-15(10-5-7-21-8-6-10)17(20)19-16-13-9-11-3-1-2-4-12(11)14(13)16;/h1-4,10,13-16H,5-9,18H2,(H,19,20);1H. The fourth-order valence-corrected chi connectivity index (χ4v) is 4.10. The van der Waals surface area contributed by atoms with Gasteiger partial charge in [-0.2, -0.15) is 0 Å². The molecule has 1 saturated heterocycles. The summed E-state index contributed by atoms with van der Waals surface area (Å²) in [5.41, 5.74) is 9.02. The monoisotopic (exact) mass is 322 g/mol. The van der Waals surface area contributed by atoms with Gasteiger partial charge in [-0.1, -0.05) is 24.3 Å². The van der Waals surface area contributed by atoms with Gasteiger partial charge in [-0.25, -0.2) is 0 Å². The molecule has 3 aliphatic rings. The molecule has 120 valence electrons. The molecular weight excluding hydrogens is 300 g/mol. The Morgan fingerprint density at radius 1 is 1.27 bits per heavy atom. The zero-order valence-corrected chi connectivity index (χ0v) is 13.4. The van der Waals surface area contributed by atoms with Crippen molar-refractivity contribution in [2.45, 2.75) is 37.3 Å². The first kappa shape index (κ1) is 15.8. The normalized spacial score (nSPS) is 30.7. The molecule has 1 aliphatic heterocycles. The van der Waals surface area contributed by atoms with E-state index in [2.05, 4.69) is 29.6 Å². The molecule has 3 N–H and O–H groups in total. The lowest BCUT2D eigenvalue weighted by Gasteiger charge is -2.27. The number of halogens is 1. The van der Waals surface area contributed by atoms with E-state index in [-0.39, 0.29) is 30.3 Å². The Hall–Kier alpha value is -1.10. The van der Waals surface area contributed by atoms with Crippen LogP contribution in [-0.4, -0.2) is 31.2 Å². The van der Waals surface area contributed by atoms with Gasteiger partial charge in [-0.05, 0) is 42.2 Å². The summed E-state index contributed by atoms with van der Waals surface area (Å²) in [6.07, 6.45) is 2.89. The molecule has 1 aromatic carbocycles. The topological polar surface area (TPSA) is 64.4 Å². The highest BCUT2D eigenvalue weighted by atomic mass is 35.5. The first-order valence-corrected chi connectivity index (χ1v) is 7.97. The predicted molar refractivity (Wildman–Crippen MR) is 87.1 cm³/mol. The zero-order chi connectivity index (χ0) is 14.4. The number of rotatable bonds is 3. The first-order valence-electron chi connectivity index (χ1n) is 7.97. The van der Waals surface area contributed by atoms with Gasteiger partial charge in [-0.15, -0.1) is 12.4 Å². The van der Waals surface area contributed by atoms with Gasteiger partial charge in [0.05, 0.1) is 6.04 Å². The minimum atomic E-state index is -0.384. The van der Waals surface area contributed by atoms with Crippen molar-refractivity contribution in [3.05, 3.63) is 35.4 Å². The largest absolute Gasteiger partial charge is 0.381 e. The van der Waals surface area contributed by atoms with Gasteiger partial charge in [0.2, 0.25) is 5.91 Å². The molecular formula is C17H23ClN2O2. The highest BCUT2D eigenvalue weighted by molar-refractivity contribution is 5.85. The number of carbonyl (C=O) groups excluding carboxylic acids is 1. The van der Waals surface area contributed by atoms with Crippen molar-refractivity contribution in [1.82, 2.24) is 5.32 Å². The number of carbonyl (C=O) groups is 1. The van der Waals surface area contributed by atoms with Crippen molar-refractivity contribution < 1.29 is 9.53 Å². The van der Waals surface area contributed by atoms with Gasteiger partial charge in [-0.3, -0.25) is 4.79 Å². The Labute approximate surface area is 137 Å². The third-order valence-electron chi connectivity index (χ3n) is 5.42. The molecule has 1 saturated carbocycles. The lowest BCUT2D eigenvalue weighted by Crippen LogP contribution is -2.48. The van der Waals surface area contributed by atoms with Crippen molar-refractivity contribution in [3.63, 3.8) is 0 Å². The predicted octanol–water partition coefficient (Wildman–Crippen LogP) is 1.62. The average Bonchev–Trinajstić information content (AvgIpc) is 3.04. The van der Waals surface area contributed by atoms with E-state index in [4.69, 9.17) is 10.5 Å². The van der Waals surface area contributed by atoms with Crippen LogP contribution in [0, 0.1) is 11.8 Å². The van der Waals surface area contributed by atoms with Gasteiger partial charge in [0.1, 0.15) is 0 Å². The fourth-order valence-electron chi connectivity index (χ4n) is 4.10. The summed E-state index contributed by atoms with van der Waals surface area (Å²) in [4.78, 5) is 12.4. The molecule has 4 nitrogen and oxygen atoms in total. The third kappa shape index (κ3) is 2.64. The maximum Gasteiger partial charge on any atom is 0.237 e. The molecule has 22 heavy (non-hydrogen) atoms. The van der Waals surface area contributed by atoms with Crippen LogP contribution in [0.1, 0.15) is 29.9 Å². The van der Waals surface area contributed by atoms with Crippen molar-refractivity contribution >= 4 is 18.3 Å². The Bertz CT molecular complexity index is 559. The molecule has 4 unspecified atom stereocenters. The Balaban J connectivity index is 0.00000144. The second kappa shape index (κ2) is 6.19. The van der Waals surface area contributed by atoms with E-state index in [1.807, 2.05) is 0 Å². The van der Waals surface area contributed by atoms with Crippen LogP contribution in [0.3, 0.4) is 0 Å². The molecule has 4 atom stereocenters. The lowest BCUT2D eigenvalue weighted by molar-refractivity contribution is -0.124. The lowest BCUT2D eigenvalue weighted by atomic mass is 9.92. The highest BCUT2D eigenvalue weighted by Gasteiger charge is 2.56. The molecule has 0 aromatic heterocycles. The van der Waals surface area contributed by atoms with Crippen LogP contribution in [0.2, 0.25) is 0 Å². The molecule has 1 amide bonds. The van der Waals surface area contributed by atoms with E-state index in [0.717, 1.165) is 32.5 Å². The second-order valence-corrected chi connectivity index (χ2v) is 6.60. The molecule has 2 aliphatic carbocycles. The number of benzene rings is 1. The van der Waals surface area contributed by atoms with Crippen LogP contribution in [0.15, 0.2) is 24.3 Å². The average molecular weight is 323 g/mol. The molecule has 2 fully saturated rings. The fraction of sp³-hybridized carbons (Fsp3) is 0.588. The quantitative estimate of drug-likeness (QED) is 0.888. The Kier molecular flexibility index (Phi) is 4.44. The van der Waals surface area contributed by atoms with Crippen LogP contribution in [0.4, 0.5) is 0 Å². The van der Waals surface area contributed by atoms with Gasteiger partial charge in [0.15, 0.2) is 0 Å². The van der Waals surface area contributed by atoms with Crippen LogP contribution < -0.4 is 11.1 Å². The molecule has 4 rings (SSSR count). The van der Waals surface area contributed by atoms with E-state index in [1.54, 1.807) is 0 Å². The SMILES string of the molecule is Cl.NC(C(=O)NC1C2Cc3ccccc3C21)C1CCOCC1. The minimum Gasteiger partial charge on any atom is -0.381 e. The molecule has 0 radical (unpaired) electrons. The summed E-state index contributed by atoms with van der Waals surface area (Å²) in [6, 6.07) is 8.51. The number of ether oxygens (including phenoxy) is 1. The van der Waals surface area contributed by atoms with Crippen molar-refractivity contribution in [2.75, 3.05) is 13.2 Å². The van der Waals surface area contributed by atoms with Crippen molar-refractivity contribution in [1.29, 1.82) is 0 Å². The summed E-state index contributed by atoms with van der Waals surface area (Å²) in [5, 5.41) is 3.19. The first-order chi connectivity index (χ1) is 10.3. The van der Waals surface area contributed by atoms with Crippen LogP contribution in [0.25, 0.3) is 0 Å². The van der Waals surface area contributed by atoms with E-state index >= 15 is 0 Å². The molecule has 5 heteroatoms. The number of nitrogens with one attached hydrogen (secondary N) is 1. The number of nitrogens with two attached hydrogens (primary N) is 1. The van der Waals surface area contributed by atoms with Gasteiger partial charge in [0.25, 0.3) is 0 Å². The van der Waals surface area contributed by atoms with Gasteiger partial charge >= 0.3 is 0 Å². The highest BCUT2D eigenvalue weighted by Crippen LogP contribution is 2.56. The van der Waals surface area contributed by atoms with E-state index < -0.39 is 0 Å². The summed E-state index contributed by atoms with van der Waals surface area (Å²) in [6.45, 7) is 1.46. The maximum atomic E-state index is 12.4. The number of amides is 1. The smallest absolute Gasteiger partial charge is 0.237 e. The minimum absolute atomic E-state index is 0. The maximum absolute atomic E-state index is 12.4. The number of hydrogen-bond donors (Lipinski definition) is 2. The molecule has 1 aromatic rings. The summed E-state index contributed by atoms with van der Waals surface area (Å²) in [7, 11) is 0. The second-order valence-electron chi connectivity index (χ2n) is 6.60. The van der Waals surface area contributed by atoms with Crippen molar-refractivity contribution in [3.8, 4) is 0 Å². The molecule has 0 bridgehead atoms. The van der Waals surface area contributed by atoms with Crippen LogP contribution in [-0.2, 0) is 16.0 Å². The van der Waals surface area contributed by atoms with Crippen LogP contribution >= 0.6 is 12.4 Å². The van der Waals surface area contributed by atoms with Gasteiger partial charge < -0.3 is 15.8 Å². The summed E-state index contributed by atoms with van der Waals surface area (Å²) < 4.78 is 5.34. The Morgan fingerprint density at radius 2 is 2.00 bits per heavy atom. The third-order valence-corrected chi connectivity index (χ3v) is 5.42.